The van der Waals surface area contributed by atoms with Gasteiger partial charge in [-0.1, -0.05) is 12.1 Å². The highest BCUT2D eigenvalue weighted by Crippen LogP contribution is 2.11. The molecule has 0 aliphatic rings. The van der Waals surface area contributed by atoms with Crippen LogP contribution >= 0.6 is 11.8 Å². The molecule has 0 spiro atoms. The summed E-state index contributed by atoms with van der Waals surface area (Å²) in [6.07, 6.45) is 3.43. The lowest BCUT2D eigenvalue weighted by molar-refractivity contribution is -0.137. The minimum absolute atomic E-state index is 0.202. The zero-order chi connectivity index (χ0) is 12.5. The molecule has 1 aromatic heterocycles. The highest BCUT2D eigenvalue weighted by molar-refractivity contribution is 7.98. The summed E-state index contributed by atoms with van der Waals surface area (Å²) in [7, 11) is 0. The number of hydrogen-bond acceptors (Lipinski definition) is 5. The fraction of sp³-hybridized carbons (Fsp3) is 0.727. The molecule has 1 aromatic rings. The topological polar surface area (TPSA) is 76.2 Å². The minimum atomic E-state index is -0.757. The Morgan fingerprint density at radius 1 is 1.47 bits per heavy atom. The molecule has 0 saturated carbocycles. The van der Waals surface area contributed by atoms with Crippen molar-refractivity contribution >= 4 is 17.7 Å². The number of aromatic nitrogens is 2. The van der Waals surface area contributed by atoms with Gasteiger partial charge in [0.25, 0.3) is 0 Å². The van der Waals surface area contributed by atoms with Crippen molar-refractivity contribution in [3.05, 3.63) is 11.7 Å². The Bertz CT molecular complexity index is 341. The molecule has 0 amide bonds. The Labute approximate surface area is 105 Å². The Kier molecular flexibility index (Phi) is 6.69. The molecule has 1 N–H and O–H groups in total. The number of hydrogen-bond donors (Lipinski definition) is 1. The maximum atomic E-state index is 10.3. The van der Waals surface area contributed by atoms with Crippen molar-refractivity contribution in [3.8, 4) is 0 Å². The summed E-state index contributed by atoms with van der Waals surface area (Å²) in [4.78, 5) is 14.6. The summed E-state index contributed by atoms with van der Waals surface area (Å²) in [5, 5.41) is 12.4. The van der Waals surface area contributed by atoms with E-state index in [9.17, 15) is 4.79 Å². The third-order valence-corrected chi connectivity index (χ3v) is 3.28. The van der Waals surface area contributed by atoms with Crippen LogP contribution in [0.2, 0.25) is 0 Å². The number of aliphatic carboxylic acids is 1. The molecule has 0 aliphatic carbocycles. The number of carboxylic acid groups (broad SMARTS) is 1. The van der Waals surface area contributed by atoms with Gasteiger partial charge in [0, 0.05) is 12.8 Å². The summed E-state index contributed by atoms with van der Waals surface area (Å²) in [6.45, 7) is 2.14. The molecule has 96 valence electrons. The van der Waals surface area contributed by atoms with Crippen molar-refractivity contribution in [1.29, 1.82) is 0 Å². The molecule has 1 heterocycles. The molecule has 0 saturated heterocycles. The summed E-state index contributed by atoms with van der Waals surface area (Å²) >= 11 is 1.79. The molecule has 0 fully saturated rings. The zero-order valence-corrected chi connectivity index (χ0v) is 10.8. The largest absolute Gasteiger partial charge is 0.481 e. The second-order valence-corrected chi connectivity index (χ2v) is 4.86. The normalized spacial score (nSPS) is 10.6. The molecule has 0 atom stereocenters. The van der Waals surface area contributed by atoms with E-state index in [-0.39, 0.29) is 6.42 Å². The van der Waals surface area contributed by atoms with Gasteiger partial charge in [-0.15, -0.1) is 0 Å². The first-order valence-corrected chi connectivity index (χ1v) is 6.99. The Balaban J connectivity index is 2.18. The van der Waals surface area contributed by atoms with E-state index in [4.69, 9.17) is 9.63 Å². The van der Waals surface area contributed by atoms with Crippen molar-refractivity contribution in [3.63, 3.8) is 0 Å². The zero-order valence-electron chi connectivity index (χ0n) is 10.0. The highest BCUT2D eigenvalue weighted by atomic mass is 32.2. The molecule has 0 unspecified atom stereocenters. The van der Waals surface area contributed by atoms with Crippen LogP contribution in [0.5, 0.6) is 0 Å². The van der Waals surface area contributed by atoms with Gasteiger partial charge >= 0.3 is 5.97 Å². The van der Waals surface area contributed by atoms with Gasteiger partial charge in [-0.3, -0.25) is 4.79 Å². The second kappa shape index (κ2) is 8.11. The number of rotatable bonds is 9. The van der Waals surface area contributed by atoms with Crippen molar-refractivity contribution in [2.45, 2.75) is 44.8 Å². The van der Waals surface area contributed by atoms with Crippen LogP contribution in [-0.4, -0.2) is 27.0 Å². The molecule has 5 nitrogen and oxygen atoms in total. The van der Waals surface area contributed by atoms with E-state index >= 15 is 0 Å². The maximum absolute atomic E-state index is 10.3. The molecule has 0 aromatic carbocycles. The quantitative estimate of drug-likeness (QED) is 0.686. The molecule has 0 radical (unpaired) electrons. The van der Waals surface area contributed by atoms with Crippen LogP contribution < -0.4 is 0 Å². The van der Waals surface area contributed by atoms with Gasteiger partial charge in [0.05, 0.1) is 5.75 Å². The fourth-order valence-corrected chi connectivity index (χ4v) is 2.04. The van der Waals surface area contributed by atoms with E-state index in [1.165, 1.54) is 0 Å². The van der Waals surface area contributed by atoms with Crippen LogP contribution in [0, 0.1) is 0 Å². The van der Waals surface area contributed by atoms with Crippen molar-refractivity contribution in [2.24, 2.45) is 0 Å². The van der Waals surface area contributed by atoms with Gasteiger partial charge in [-0.05, 0) is 25.0 Å². The second-order valence-electron chi connectivity index (χ2n) is 3.76. The number of unbranched alkanes of at least 4 members (excludes halogenated alkanes) is 1. The van der Waals surface area contributed by atoms with Crippen molar-refractivity contribution in [2.75, 3.05) is 5.75 Å². The molecular formula is C11H18N2O3S. The third-order valence-electron chi connectivity index (χ3n) is 2.12. The van der Waals surface area contributed by atoms with Gasteiger partial charge in [0.2, 0.25) is 5.89 Å². The first-order valence-electron chi connectivity index (χ1n) is 5.83. The van der Waals surface area contributed by atoms with Crippen LogP contribution in [0.1, 0.15) is 44.3 Å². The van der Waals surface area contributed by atoms with Gasteiger partial charge in [-0.2, -0.15) is 16.7 Å². The monoisotopic (exact) mass is 258 g/mol. The first kappa shape index (κ1) is 14.0. The summed E-state index contributed by atoms with van der Waals surface area (Å²) in [5.41, 5.74) is 0. The van der Waals surface area contributed by atoms with Crippen LogP contribution in [0.15, 0.2) is 4.52 Å². The lowest BCUT2D eigenvalue weighted by Crippen LogP contribution is -1.95. The van der Waals surface area contributed by atoms with Gasteiger partial charge in [-0.25, -0.2) is 0 Å². The predicted molar refractivity (Wildman–Crippen MR) is 65.9 cm³/mol. The van der Waals surface area contributed by atoms with E-state index in [0.717, 1.165) is 30.2 Å². The summed E-state index contributed by atoms with van der Waals surface area (Å²) < 4.78 is 5.08. The number of carbonyl (C=O) groups is 1. The van der Waals surface area contributed by atoms with Crippen LogP contribution in [0.25, 0.3) is 0 Å². The smallest absolute Gasteiger partial charge is 0.303 e. The maximum Gasteiger partial charge on any atom is 0.303 e. The molecule has 6 heteroatoms. The molecular weight excluding hydrogens is 240 g/mol. The van der Waals surface area contributed by atoms with E-state index in [2.05, 4.69) is 17.1 Å². The van der Waals surface area contributed by atoms with Gasteiger partial charge < -0.3 is 9.63 Å². The number of nitrogens with zero attached hydrogens (tertiary/aromatic N) is 2. The Morgan fingerprint density at radius 3 is 3.00 bits per heavy atom. The number of carboxylic acids is 1. The van der Waals surface area contributed by atoms with E-state index in [0.29, 0.717) is 18.7 Å². The lowest BCUT2D eigenvalue weighted by Gasteiger charge is -1.93. The summed E-state index contributed by atoms with van der Waals surface area (Å²) in [5.74, 6) is 2.47. The van der Waals surface area contributed by atoms with Crippen LogP contribution in [-0.2, 0) is 17.0 Å². The Hall–Kier alpha value is -1.04. The minimum Gasteiger partial charge on any atom is -0.481 e. The lowest BCUT2D eigenvalue weighted by atomic mass is 10.2. The number of thioether (sulfide) groups is 1. The average Bonchev–Trinajstić information content (AvgIpc) is 2.73. The fourth-order valence-electron chi connectivity index (χ4n) is 1.31. The van der Waals surface area contributed by atoms with Gasteiger partial charge in [0.1, 0.15) is 0 Å². The van der Waals surface area contributed by atoms with E-state index < -0.39 is 5.97 Å². The van der Waals surface area contributed by atoms with Crippen LogP contribution in [0.4, 0.5) is 0 Å². The SMILES string of the molecule is CCCSCc1noc(CCCCC(=O)O)n1. The molecule has 0 aliphatic heterocycles. The van der Waals surface area contributed by atoms with Crippen molar-refractivity contribution in [1.82, 2.24) is 10.1 Å². The van der Waals surface area contributed by atoms with E-state index in [1.54, 1.807) is 11.8 Å². The molecule has 17 heavy (non-hydrogen) atoms. The van der Waals surface area contributed by atoms with Gasteiger partial charge in [0.15, 0.2) is 5.82 Å². The standard InChI is InChI=1S/C11H18N2O3S/c1-2-7-17-8-9-12-10(16-13-9)5-3-4-6-11(14)15/h2-8H2,1H3,(H,14,15). The van der Waals surface area contributed by atoms with E-state index in [1.807, 2.05) is 0 Å². The molecule has 1 rings (SSSR count). The predicted octanol–water partition coefficient (Wildman–Crippen LogP) is 2.51. The number of aryl methyl sites for hydroxylation is 1. The highest BCUT2D eigenvalue weighted by Gasteiger charge is 2.06. The summed E-state index contributed by atoms with van der Waals surface area (Å²) in [6, 6.07) is 0. The van der Waals surface area contributed by atoms with Crippen LogP contribution in [0.3, 0.4) is 0 Å². The Morgan fingerprint density at radius 2 is 2.29 bits per heavy atom. The average molecular weight is 258 g/mol. The molecule has 0 bridgehead atoms. The third kappa shape index (κ3) is 6.31. The van der Waals surface area contributed by atoms with Crippen molar-refractivity contribution < 1.29 is 14.4 Å². The first-order chi connectivity index (χ1) is 8.22.